The zero-order valence-corrected chi connectivity index (χ0v) is 6.08. The summed E-state index contributed by atoms with van der Waals surface area (Å²) in [5, 5.41) is 20.5. The fraction of sp³-hybridized carbons (Fsp3) is 0.857. The molecule has 0 radical (unpaired) electrons. The van der Waals surface area contributed by atoms with E-state index in [4.69, 9.17) is 10.2 Å². The lowest BCUT2D eigenvalue weighted by Gasteiger charge is -2.12. The number of rotatable bonds is 2. The Morgan fingerprint density at radius 2 is 2.45 bits per heavy atom. The molecule has 1 saturated heterocycles. The van der Waals surface area contributed by atoms with Crippen LogP contribution in [0, 0.1) is 5.92 Å². The molecule has 3 atom stereocenters. The molecule has 4 nitrogen and oxygen atoms in total. The van der Waals surface area contributed by atoms with Crippen LogP contribution >= 0.6 is 0 Å². The predicted molar refractivity (Wildman–Crippen MR) is 37.1 cm³/mol. The molecule has 2 aliphatic rings. The highest BCUT2D eigenvalue weighted by molar-refractivity contribution is 5.74. The van der Waals surface area contributed by atoms with Gasteiger partial charge < -0.3 is 10.2 Å². The zero-order valence-electron chi connectivity index (χ0n) is 6.08. The Morgan fingerprint density at radius 1 is 1.73 bits per heavy atom. The quantitative estimate of drug-likeness (QED) is 0.490. The first kappa shape index (κ1) is 7.06. The van der Waals surface area contributed by atoms with Crippen LogP contribution in [0.3, 0.4) is 0 Å². The summed E-state index contributed by atoms with van der Waals surface area (Å²) in [6.45, 7) is 0.0709. The number of piperidine rings is 1. The molecular weight excluding hydrogens is 146 g/mol. The molecule has 1 heterocycles. The number of nitrogens with one attached hydrogen (secondary N) is 1. The van der Waals surface area contributed by atoms with Gasteiger partial charge in [-0.3, -0.25) is 10.1 Å². The third kappa shape index (κ3) is 0.862. The van der Waals surface area contributed by atoms with Gasteiger partial charge in [-0.25, -0.2) is 0 Å². The number of carboxylic acids is 1. The molecule has 2 fully saturated rings. The SMILES string of the molecule is O=C(O)C1CC2CC2(CO)N1. The van der Waals surface area contributed by atoms with E-state index in [0.29, 0.717) is 12.3 Å². The first-order chi connectivity index (χ1) is 5.18. The van der Waals surface area contributed by atoms with Crippen molar-refractivity contribution in [2.45, 2.75) is 24.4 Å². The van der Waals surface area contributed by atoms with Gasteiger partial charge >= 0.3 is 5.97 Å². The molecule has 0 aromatic carbocycles. The molecule has 11 heavy (non-hydrogen) atoms. The van der Waals surface area contributed by atoms with Crippen LogP contribution in [0.4, 0.5) is 0 Å². The molecule has 0 amide bonds. The minimum Gasteiger partial charge on any atom is -0.480 e. The standard InChI is InChI=1S/C7H11NO3/c9-3-7-2-4(7)1-5(8-7)6(10)11/h4-5,8-9H,1-3H2,(H,10,11). The van der Waals surface area contributed by atoms with Gasteiger partial charge in [0.15, 0.2) is 0 Å². The monoisotopic (exact) mass is 157 g/mol. The van der Waals surface area contributed by atoms with E-state index in [0.717, 1.165) is 6.42 Å². The van der Waals surface area contributed by atoms with Gasteiger partial charge in [-0.15, -0.1) is 0 Å². The van der Waals surface area contributed by atoms with Gasteiger partial charge in [-0.2, -0.15) is 0 Å². The van der Waals surface area contributed by atoms with Crippen LogP contribution < -0.4 is 5.32 Å². The van der Waals surface area contributed by atoms with E-state index in [9.17, 15) is 4.79 Å². The van der Waals surface area contributed by atoms with Gasteiger partial charge in [0.1, 0.15) is 6.04 Å². The molecule has 0 spiro atoms. The molecule has 1 aliphatic carbocycles. The topological polar surface area (TPSA) is 69.6 Å². The molecular formula is C7H11NO3. The Balaban J connectivity index is 2.02. The zero-order chi connectivity index (χ0) is 8.06. The van der Waals surface area contributed by atoms with Crippen LogP contribution in [0.2, 0.25) is 0 Å². The molecule has 2 rings (SSSR count). The van der Waals surface area contributed by atoms with E-state index in [1.807, 2.05) is 0 Å². The third-order valence-corrected chi connectivity index (χ3v) is 2.79. The average Bonchev–Trinajstić information content (AvgIpc) is 2.55. The van der Waals surface area contributed by atoms with Crippen molar-refractivity contribution in [1.82, 2.24) is 5.32 Å². The second-order valence-electron chi connectivity index (χ2n) is 3.49. The Morgan fingerprint density at radius 3 is 2.82 bits per heavy atom. The van der Waals surface area contributed by atoms with Crippen LogP contribution in [0.5, 0.6) is 0 Å². The van der Waals surface area contributed by atoms with E-state index in [1.54, 1.807) is 0 Å². The van der Waals surface area contributed by atoms with Gasteiger partial charge in [-0.1, -0.05) is 0 Å². The number of aliphatic carboxylic acids is 1. The maximum atomic E-state index is 10.5. The van der Waals surface area contributed by atoms with E-state index in [-0.39, 0.29) is 12.1 Å². The van der Waals surface area contributed by atoms with Gasteiger partial charge in [0.25, 0.3) is 0 Å². The normalized spacial score (nSPS) is 47.0. The summed E-state index contributed by atoms with van der Waals surface area (Å²) >= 11 is 0. The van der Waals surface area contributed by atoms with E-state index in [2.05, 4.69) is 5.32 Å². The molecule has 0 bridgehead atoms. The van der Waals surface area contributed by atoms with Gasteiger partial charge in [-0.05, 0) is 18.8 Å². The number of aliphatic hydroxyl groups is 1. The first-order valence-electron chi connectivity index (χ1n) is 3.79. The van der Waals surface area contributed by atoms with Crippen LogP contribution in [0.1, 0.15) is 12.8 Å². The predicted octanol–water partition coefficient (Wildman–Crippen LogP) is -0.816. The Hall–Kier alpha value is -0.610. The third-order valence-electron chi connectivity index (χ3n) is 2.79. The van der Waals surface area contributed by atoms with E-state index in [1.165, 1.54) is 0 Å². The summed E-state index contributed by atoms with van der Waals surface area (Å²) in [5.41, 5.74) is -0.219. The summed E-state index contributed by atoms with van der Waals surface area (Å²) in [6.07, 6.45) is 1.61. The van der Waals surface area contributed by atoms with Crippen molar-refractivity contribution in [2.24, 2.45) is 5.92 Å². The molecule has 1 saturated carbocycles. The van der Waals surface area contributed by atoms with Crippen molar-refractivity contribution in [3.8, 4) is 0 Å². The maximum Gasteiger partial charge on any atom is 0.320 e. The minimum atomic E-state index is -0.801. The van der Waals surface area contributed by atoms with E-state index >= 15 is 0 Å². The van der Waals surface area contributed by atoms with Crippen LogP contribution in [-0.4, -0.2) is 34.4 Å². The molecule has 1 aliphatic heterocycles. The van der Waals surface area contributed by atoms with Crippen molar-refractivity contribution >= 4 is 5.97 Å². The van der Waals surface area contributed by atoms with Crippen molar-refractivity contribution in [1.29, 1.82) is 0 Å². The summed E-state index contributed by atoms with van der Waals surface area (Å²) < 4.78 is 0. The molecule has 3 N–H and O–H groups in total. The number of hydrogen-bond acceptors (Lipinski definition) is 3. The summed E-state index contributed by atoms with van der Waals surface area (Å²) in [4.78, 5) is 10.5. The van der Waals surface area contributed by atoms with Crippen molar-refractivity contribution in [3.05, 3.63) is 0 Å². The Bertz CT molecular complexity index is 202. The number of carbonyl (C=O) groups is 1. The summed E-state index contributed by atoms with van der Waals surface area (Å²) in [6, 6.07) is -0.430. The average molecular weight is 157 g/mol. The van der Waals surface area contributed by atoms with Crippen LogP contribution in [-0.2, 0) is 4.79 Å². The Kier molecular flexibility index (Phi) is 1.25. The van der Waals surface area contributed by atoms with E-state index < -0.39 is 12.0 Å². The van der Waals surface area contributed by atoms with Gasteiger partial charge in [0.2, 0.25) is 0 Å². The molecule has 62 valence electrons. The number of hydrogen-bond donors (Lipinski definition) is 3. The first-order valence-corrected chi connectivity index (χ1v) is 3.79. The Labute approximate surface area is 64.2 Å². The molecule has 3 unspecified atom stereocenters. The lowest BCUT2D eigenvalue weighted by atomic mass is 10.2. The van der Waals surface area contributed by atoms with Gasteiger partial charge in [0, 0.05) is 5.54 Å². The highest BCUT2D eigenvalue weighted by Gasteiger charge is 2.61. The van der Waals surface area contributed by atoms with Gasteiger partial charge in [0.05, 0.1) is 6.61 Å². The fourth-order valence-corrected chi connectivity index (χ4v) is 1.96. The summed E-state index contributed by atoms with van der Waals surface area (Å²) in [7, 11) is 0. The second-order valence-corrected chi connectivity index (χ2v) is 3.49. The molecule has 4 heteroatoms. The smallest absolute Gasteiger partial charge is 0.320 e. The number of aliphatic hydroxyl groups excluding tert-OH is 1. The van der Waals surface area contributed by atoms with Crippen molar-refractivity contribution < 1.29 is 15.0 Å². The van der Waals surface area contributed by atoms with Crippen LogP contribution in [0.15, 0.2) is 0 Å². The van der Waals surface area contributed by atoms with Crippen LogP contribution in [0.25, 0.3) is 0 Å². The maximum absolute atomic E-state index is 10.5. The number of carboxylic acid groups (broad SMARTS) is 1. The minimum absolute atomic E-state index is 0.0709. The molecule has 0 aromatic heterocycles. The number of fused-ring (bicyclic) bond motifs is 1. The fourth-order valence-electron chi connectivity index (χ4n) is 1.96. The lowest BCUT2D eigenvalue weighted by Crippen LogP contribution is -2.41. The van der Waals surface area contributed by atoms with Crippen molar-refractivity contribution in [3.63, 3.8) is 0 Å². The highest BCUT2D eigenvalue weighted by Crippen LogP contribution is 2.51. The second kappa shape index (κ2) is 1.95. The lowest BCUT2D eigenvalue weighted by molar-refractivity contribution is -0.139. The highest BCUT2D eigenvalue weighted by atomic mass is 16.4. The van der Waals surface area contributed by atoms with Crippen molar-refractivity contribution in [2.75, 3.05) is 6.61 Å². The largest absolute Gasteiger partial charge is 0.480 e. The summed E-state index contributed by atoms with van der Waals surface area (Å²) in [5.74, 6) is -0.404. The molecule has 0 aromatic rings.